The van der Waals surface area contributed by atoms with Crippen molar-refractivity contribution in [3.8, 4) is 0 Å². The van der Waals surface area contributed by atoms with Gasteiger partial charge in [0.05, 0.1) is 6.61 Å². The SMILES string of the molecule is CC/C=C\C/C=C\C/C=C\C/C=C\CCCCCCCCCCC(=O)OC(CO)COC(=O)CCCCCCCCC/C=C\C/C=C\C/C=C\CC. The van der Waals surface area contributed by atoms with Gasteiger partial charge in [-0.25, -0.2) is 0 Å². The summed E-state index contributed by atoms with van der Waals surface area (Å²) in [5.41, 5.74) is 0. The van der Waals surface area contributed by atoms with Crippen LogP contribution in [0, 0.1) is 0 Å². The van der Waals surface area contributed by atoms with Crippen molar-refractivity contribution in [2.45, 2.75) is 187 Å². The number of unbranched alkanes of at least 4 members (excludes halogenated alkanes) is 15. The average Bonchev–Trinajstić information content (AvgIpc) is 3.15. The fraction of sp³-hybridized carbons (Fsp3) is 0.660. The molecular formula is C47H78O5. The van der Waals surface area contributed by atoms with Crippen LogP contribution in [0.5, 0.6) is 0 Å². The predicted molar refractivity (Wildman–Crippen MR) is 223 cm³/mol. The molecule has 0 fully saturated rings. The van der Waals surface area contributed by atoms with E-state index in [9.17, 15) is 14.7 Å². The zero-order chi connectivity index (χ0) is 37.8. The van der Waals surface area contributed by atoms with Crippen LogP contribution in [-0.4, -0.2) is 36.4 Å². The van der Waals surface area contributed by atoms with E-state index in [1.54, 1.807) is 0 Å². The van der Waals surface area contributed by atoms with Crippen molar-refractivity contribution in [2.24, 2.45) is 0 Å². The number of carbonyl (C=O) groups excluding carboxylic acids is 2. The maximum Gasteiger partial charge on any atom is 0.306 e. The minimum absolute atomic E-state index is 0.0790. The molecule has 0 saturated carbocycles. The van der Waals surface area contributed by atoms with Gasteiger partial charge in [-0.3, -0.25) is 9.59 Å². The molecule has 52 heavy (non-hydrogen) atoms. The highest BCUT2D eigenvalue weighted by Gasteiger charge is 2.16. The number of hydrogen-bond donors (Lipinski definition) is 1. The zero-order valence-electron chi connectivity index (χ0n) is 33.5. The highest BCUT2D eigenvalue weighted by Crippen LogP contribution is 2.13. The molecule has 296 valence electrons. The molecule has 0 spiro atoms. The first-order chi connectivity index (χ1) is 25.6. The predicted octanol–water partition coefficient (Wildman–Crippen LogP) is 13.5. The second-order valence-electron chi connectivity index (χ2n) is 13.7. The van der Waals surface area contributed by atoms with E-state index in [-0.39, 0.29) is 25.2 Å². The quantitative estimate of drug-likeness (QED) is 0.0393. The summed E-state index contributed by atoms with van der Waals surface area (Å²) in [5, 5.41) is 9.58. The van der Waals surface area contributed by atoms with E-state index in [0.29, 0.717) is 12.8 Å². The molecule has 1 atom stereocenters. The van der Waals surface area contributed by atoms with Crippen LogP contribution >= 0.6 is 0 Å². The van der Waals surface area contributed by atoms with Gasteiger partial charge in [0.25, 0.3) is 0 Å². The number of rotatable bonds is 37. The van der Waals surface area contributed by atoms with Gasteiger partial charge in [0.2, 0.25) is 0 Å². The lowest BCUT2D eigenvalue weighted by molar-refractivity contribution is -0.161. The standard InChI is InChI=1S/C47H78O5/c1-3-5-7-9-11-13-15-17-19-21-22-23-24-26-28-30-32-34-36-38-40-42-47(50)52-45(43-48)44-51-46(49)41-39-37-35-33-31-29-27-25-20-18-16-14-12-10-8-6-4-2/h5-8,11-14,17-20,22-23,45,48H,3-4,9-10,15-16,21,24-44H2,1-2H3/b7-5-,8-6-,13-11-,14-12-,19-17-,20-18-,23-22-. The Balaban J connectivity index is 3.60. The van der Waals surface area contributed by atoms with Crippen molar-refractivity contribution in [2.75, 3.05) is 13.2 Å². The third-order valence-electron chi connectivity index (χ3n) is 8.68. The molecule has 1 N–H and O–H groups in total. The normalized spacial score (nSPS) is 13.1. The first-order valence-electron chi connectivity index (χ1n) is 21.1. The molecule has 5 nitrogen and oxygen atoms in total. The van der Waals surface area contributed by atoms with Crippen LogP contribution < -0.4 is 0 Å². The number of esters is 2. The van der Waals surface area contributed by atoms with Gasteiger partial charge in [0.1, 0.15) is 6.61 Å². The van der Waals surface area contributed by atoms with Crippen LogP contribution in [0.2, 0.25) is 0 Å². The summed E-state index contributed by atoms with van der Waals surface area (Å²) in [6.45, 7) is 3.89. The molecule has 0 radical (unpaired) electrons. The van der Waals surface area contributed by atoms with Crippen LogP contribution in [0.3, 0.4) is 0 Å². The van der Waals surface area contributed by atoms with Crippen molar-refractivity contribution in [3.05, 3.63) is 85.1 Å². The Kier molecular flexibility index (Phi) is 40.1. The Labute approximate surface area is 320 Å². The third kappa shape index (κ3) is 39.9. The Morgan fingerprint density at radius 1 is 0.442 bits per heavy atom. The number of ether oxygens (including phenoxy) is 2. The molecule has 0 aromatic rings. The van der Waals surface area contributed by atoms with E-state index in [1.807, 2.05) is 0 Å². The minimum atomic E-state index is -0.785. The Hall–Kier alpha value is -2.92. The molecule has 0 saturated heterocycles. The van der Waals surface area contributed by atoms with Crippen LogP contribution in [0.4, 0.5) is 0 Å². The van der Waals surface area contributed by atoms with Crippen molar-refractivity contribution in [1.29, 1.82) is 0 Å². The summed E-state index contributed by atoms with van der Waals surface area (Å²) in [7, 11) is 0. The Bertz CT molecular complexity index is 999. The van der Waals surface area contributed by atoms with Crippen LogP contribution in [0.1, 0.15) is 181 Å². The lowest BCUT2D eigenvalue weighted by Crippen LogP contribution is -2.28. The summed E-state index contributed by atoms with van der Waals surface area (Å²) in [5.74, 6) is -0.617. The summed E-state index contributed by atoms with van der Waals surface area (Å²) in [6.07, 6.45) is 57.9. The summed E-state index contributed by atoms with van der Waals surface area (Å²) >= 11 is 0. The monoisotopic (exact) mass is 723 g/mol. The number of carbonyl (C=O) groups is 2. The molecule has 0 aromatic heterocycles. The van der Waals surface area contributed by atoms with E-state index in [1.165, 1.54) is 57.8 Å². The molecule has 5 heteroatoms. The van der Waals surface area contributed by atoms with Gasteiger partial charge in [-0.1, -0.05) is 170 Å². The molecule has 0 aliphatic heterocycles. The molecule has 0 aliphatic rings. The van der Waals surface area contributed by atoms with Crippen molar-refractivity contribution >= 4 is 11.9 Å². The molecular weight excluding hydrogens is 645 g/mol. The van der Waals surface area contributed by atoms with Gasteiger partial charge < -0.3 is 14.6 Å². The number of aliphatic hydroxyl groups excluding tert-OH is 1. The zero-order valence-corrected chi connectivity index (χ0v) is 33.5. The van der Waals surface area contributed by atoms with Gasteiger partial charge in [-0.05, 0) is 83.5 Å². The highest BCUT2D eigenvalue weighted by atomic mass is 16.6. The third-order valence-corrected chi connectivity index (χ3v) is 8.68. The van der Waals surface area contributed by atoms with E-state index in [4.69, 9.17) is 9.47 Å². The van der Waals surface area contributed by atoms with Crippen molar-refractivity contribution < 1.29 is 24.2 Å². The molecule has 0 aliphatic carbocycles. The molecule has 0 aromatic carbocycles. The average molecular weight is 723 g/mol. The first-order valence-corrected chi connectivity index (χ1v) is 21.1. The van der Waals surface area contributed by atoms with E-state index < -0.39 is 6.10 Å². The van der Waals surface area contributed by atoms with Crippen LogP contribution in [0.15, 0.2) is 85.1 Å². The molecule has 0 bridgehead atoms. The highest BCUT2D eigenvalue weighted by molar-refractivity contribution is 5.70. The largest absolute Gasteiger partial charge is 0.462 e. The van der Waals surface area contributed by atoms with Crippen LogP contribution in [0.25, 0.3) is 0 Å². The summed E-state index contributed by atoms with van der Waals surface area (Å²) in [6, 6.07) is 0. The minimum Gasteiger partial charge on any atom is -0.462 e. The van der Waals surface area contributed by atoms with Crippen LogP contribution in [-0.2, 0) is 19.1 Å². The number of allylic oxidation sites excluding steroid dienone is 14. The topological polar surface area (TPSA) is 72.8 Å². The van der Waals surface area contributed by atoms with Gasteiger partial charge in [0, 0.05) is 12.8 Å². The second-order valence-corrected chi connectivity index (χ2v) is 13.7. The smallest absolute Gasteiger partial charge is 0.306 e. The Morgan fingerprint density at radius 3 is 1.15 bits per heavy atom. The van der Waals surface area contributed by atoms with Crippen molar-refractivity contribution in [1.82, 2.24) is 0 Å². The molecule has 0 heterocycles. The van der Waals surface area contributed by atoms with E-state index in [2.05, 4.69) is 98.9 Å². The maximum absolute atomic E-state index is 12.2. The fourth-order valence-electron chi connectivity index (χ4n) is 5.56. The van der Waals surface area contributed by atoms with Crippen molar-refractivity contribution in [3.63, 3.8) is 0 Å². The van der Waals surface area contributed by atoms with Gasteiger partial charge in [-0.15, -0.1) is 0 Å². The molecule has 0 rings (SSSR count). The molecule has 1 unspecified atom stereocenters. The lowest BCUT2D eigenvalue weighted by atomic mass is 10.1. The van der Waals surface area contributed by atoms with Gasteiger partial charge >= 0.3 is 11.9 Å². The van der Waals surface area contributed by atoms with Gasteiger partial charge in [0.15, 0.2) is 6.10 Å². The first kappa shape index (κ1) is 49.1. The summed E-state index contributed by atoms with van der Waals surface area (Å²) in [4.78, 5) is 24.3. The lowest BCUT2D eigenvalue weighted by Gasteiger charge is -2.15. The van der Waals surface area contributed by atoms with Gasteiger partial charge in [-0.2, -0.15) is 0 Å². The maximum atomic E-state index is 12.2. The second kappa shape index (κ2) is 42.5. The molecule has 0 amide bonds. The van der Waals surface area contributed by atoms with E-state index in [0.717, 1.165) is 96.3 Å². The number of hydrogen-bond acceptors (Lipinski definition) is 5. The summed E-state index contributed by atoms with van der Waals surface area (Å²) < 4.78 is 10.6. The Morgan fingerprint density at radius 2 is 0.769 bits per heavy atom. The fourth-order valence-corrected chi connectivity index (χ4v) is 5.56. The number of aliphatic hydroxyl groups is 1. The van der Waals surface area contributed by atoms with E-state index >= 15 is 0 Å².